The number of para-hydroxylation sites is 4. The van der Waals surface area contributed by atoms with E-state index in [1.165, 1.54) is 111 Å². The van der Waals surface area contributed by atoms with Crippen LogP contribution in [0.3, 0.4) is 0 Å². The zero-order valence-electron chi connectivity index (χ0n) is 36.6. The summed E-state index contributed by atoms with van der Waals surface area (Å²) in [6, 6.07) is 68.5. The van der Waals surface area contributed by atoms with Crippen LogP contribution in [0.5, 0.6) is 0 Å². The molecular formula is C60H52N2. The number of hydrogen-bond donors (Lipinski definition) is 0. The Balaban J connectivity index is 1.26. The monoisotopic (exact) mass is 800 g/mol. The van der Waals surface area contributed by atoms with Gasteiger partial charge < -0.3 is 9.80 Å². The van der Waals surface area contributed by atoms with E-state index in [0.717, 1.165) is 13.1 Å². The Bertz CT molecular complexity index is 3050. The topological polar surface area (TPSA) is 6.48 Å². The Hall–Kier alpha value is -6.90. The van der Waals surface area contributed by atoms with Crippen molar-refractivity contribution >= 4 is 44.3 Å². The largest absolute Gasteiger partial charge is 0.341 e. The predicted molar refractivity (Wildman–Crippen MR) is 266 cm³/mol. The van der Waals surface area contributed by atoms with Crippen molar-refractivity contribution in [2.45, 2.75) is 52.4 Å². The quantitative estimate of drug-likeness (QED) is 0.155. The number of hydrogen-bond acceptors (Lipinski definition) is 2. The van der Waals surface area contributed by atoms with Gasteiger partial charge in [-0.15, -0.1) is 0 Å². The second kappa shape index (κ2) is 14.4. The molecule has 0 saturated heterocycles. The summed E-state index contributed by atoms with van der Waals surface area (Å²) in [5.41, 5.74) is 20.4. The second-order valence-electron chi connectivity index (χ2n) is 18.1. The highest BCUT2D eigenvalue weighted by molar-refractivity contribution is 6.21. The van der Waals surface area contributed by atoms with Gasteiger partial charge in [0.15, 0.2) is 0 Å². The maximum absolute atomic E-state index is 2.55. The molecule has 0 aromatic heterocycles. The van der Waals surface area contributed by atoms with Crippen molar-refractivity contribution in [3.05, 3.63) is 204 Å². The molecule has 9 aromatic rings. The van der Waals surface area contributed by atoms with E-state index < -0.39 is 0 Å². The van der Waals surface area contributed by atoms with Crippen molar-refractivity contribution in [2.75, 3.05) is 22.9 Å². The number of benzene rings is 9. The van der Waals surface area contributed by atoms with Crippen LogP contribution >= 0.6 is 0 Å². The van der Waals surface area contributed by atoms with Crippen LogP contribution in [0.25, 0.3) is 66.1 Å². The molecule has 0 fully saturated rings. The SMILES string of the molecule is CCN1c2ccccc2C(C)(C)c2cccc(-c3cccc4c(-c5ccccc5-c5ccccc5)c5cccc(-c6cccc7c6N(CC)c6ccccc6C7(C)C)c5cc34)c21. The van der Waals surface area contributed by atoms with Gasteiger partial charge in [0.05, 0.1) is 11.4 Å². The normalized spacial score (nSPS) is 14.6. The first-order valence-electron chi connectivity index (χ1n) is 22.4. The Morgan fingerprint density at radius 3 is 1.23 bits per heavy atom. The molecule has 0 radical (unpaired) electrons. The van der Waals surface area contributed by atoms with Gasteiger partial charge in [-0.05, 0) is 109 Å². The molecule has 2 nitrogen and oxygen atoms in total. The van der Waals surface area contributed by atoms with Crippen LogP contribution in [-0.2, 0) is 10.8 Å². The number of fused-ring (bicyclic) bond motifs is 6. The molecule has 0 spiro atoms. The van der Waals surface area contributed by atoms with Crippen molar-refractivity contribution < 1.29 is 0 Å². The van der Waals surface area contributed by atoms with Gasteiger partial charge in [0.1, 0.15) is 0 Å². The minimum Gasteiger partial charge on any atom is -0.341 e. The summed E-state index contributed by atoms with van der Waals surface area (Å²) in [5.74, 6) is 0. The lowest BCUT2D eigenvalue weighted by Gasteiger charge is -2.43. The van der Waals surface area contributed by atoms with Gasteiger partial charge in [0.2, 0.25) is 0 Å². The molecule has 302 valence electrons. The maximum atomic E-state index is 2.55. The Kier molecular flexibility index (Phi) is 8.81. The molecular weight excluding hydrogens is 749 g/mol. The van der Waals surface area contributed by atoms with Crippen LogP contribution in [0.4, 0.5) is 22.7 Å². The van der Waals surface area contributed by atoms with E-state index in [9.17, 15) is 0 Å². The van der Waals surface area contributed by atoms with E-state index in [-0.39, 0.29) is 10.8 Å². The van der Waals surface area contributed by atoms with Gasteiger partial charge in [-0.3, -0.25) is 0 Å². The third kappa shape index (κ3) is 5.49. The van der Waals surface area contributed by atoms with E-state index >= 15 is 0 Å². The maximum Gasteiger partial charge on any atom is 0.0532 e. The number of anilines is 4. The van der Waals surface area contributed by atoms with Gasteiger partial charge >= 0.3 is 0 Å². The van der Waals surface area contributed by atoms with Gasteiger partial charge in [-0.25, -0.2) is 0 Å². The molecule has 0 amide bonds. The van der Waals surface area contributed by atoms with Crippen LogP contribution in [0.2, 0.25) is 0 Å². The van der Waals surface area contributed by atoms with E-state index in [1.54, 1.807) is 0 Å². The van der Waals surface area contributed by atoms with E-state index in [4.69, 9.17) is 0 Å². The Labute approximate surface area is 366 Å². The minimum absolute atomic E-state index is 0.165. The van der Waals surface area contributed by atoms with E-state index in [2.05, 4.69) is 233 Å². The molecule has 0 bridgehead atoms. The summed E-state index contributed by atoms with van der Waals surface area (Å²) < 4.78 is 0. The fraction of sp³-hybridized carbons (Fsp3) is 0.167. The fourth-order valence-corrected chi connectivity index (χ4v) is 11.3. The van der Waals surface area contributed by atoms with Crippen molar-refractivity contribution in [2.24, 2.45) is 0 Å². The van der Waals surface area contributed by atoms with Crippen LogP contribution in [0, 0.1) is 0 Å². The van der Waals surface area contributed by atoms with Crippen molar-refractivity contribution in [1.29, 1.82) is 0 Å². The molecule has 9 aromatic carbocycles. The first-order chi connectivity index (χ1) is 30.2. The first kappa shape index (κ1) is 38.1. The average Bonchev–Trinajstić information content (AvgIpc) is 3.31. The van der Waals surface area contributed by atoms with Crippen molar-refractivity contribution in [3.8, 4) is 44.5 Å². The zero-order chi connectivity index (χ0) is 42.3. The summed E-state index contributed by atoms with van der Waals surface area (Å²) in [6.45, 7) is 15.9. The lowest BCUT2D eigenvalue weighted by molar-refractivity contribution is 0.626. The standard InChI is InChI=1S/C60H52N2/c1-7-61-54-36-16-14-32-50(54)59(3,4)52-34-20-30-46(57(52)61)41-26-18-28-44-48(41)38-49-42(27-19-29-45(49)56(44)43-25-13-12-24-40(43)39-22-10-9-11-23-39)47-31-21-35-53-58(47)62(8-2)55-37-17-15-33-51(55)60(53,5)6/h9-38H,7-8H2,1-6H3. The molecule has 0 atom stereocenters. The number of rotatable bonds is 6. The highest BCUT2D eigenvalue weighted by Gasteiger charge is 2.39. The fourth-order valence-electron chi connectivity index (χ4n) is 11.3. The summed E-state index contributed by atoms with van der Waals surface area (Å²) in [5, 5.41) is 5.03. The molecule has 2 heterocycles. The molecule has 2 heteroatoms. The number of nitrogens with zero attached hydrogens (tertiary/aromatic N) is 2. The summed E-state index contributed by atoms with van der Waals surface area (Å²) in [4.78, 5) is 5.11. The first-order valence-corrected chi connectivity index (χ1v) is 22.4. The summed E-state index contributed by atoms with van der Waals surface area (Å²) in [7, 11) is 0. The highest BCUT2D eigenvalue weighted by Crippen LogP contribution is 2.56. The highest BCUT2D eigenvalue weighted by atomic mass is 15.2. The van der Waals surface area contributed by atoms with Gasteiger partial charge in [0.25, 0.3) is 0 Å². The molecule has 0 saturated carbocycles. The second-order valence-corrected chi connectivity index (χ2v) is 18.1. The smallest absolute Gasteiger partial charge is 0.0532 e. The molecule has 0 aliphatic carbocycles. The third-order valence-corrected chi connectivity index (χ3v) is 14.2. The molecule has 0 N–H and O–H groups in total. The van der Waals surface area contributed by atoms with Gasteiger partial charge in [-0.1, -0.05) is 191 Å². The summed E-state index contributed by atoms with van der Waals surface area (Å²) in [6.07, 6.45) is 0. The Morgan fingerprint density at radius 2 is 0.726 bits per heavy atom. The van der Waals surface area contributed by atoms with E-state index in [1.807, 2.05) is 0 Å². The average molecular weight is 801 g/mol. The van der Waals surface area contributed by atoms with Crippen LogP contribution in [0.1, 0.15) is 63.8 Å². The molecule has 2 aliphatic heterocycles. The minimum atomic E-state index is -0.165. The van der Waals surface area contributed by atoms with Crippen LogP contribution < -0.4 is 9.80 Å². The third-order valence-electron chi connectivity index (χ3n) is 14.2. The zero-order valence-corrected chi connectivity index (χ0v) is 36.6. The van der Waals surface area contributed by atoms with Gasteiger partial charge in [0, 0.05) is 46.4 Å². The summed E-state index contributed by atoms with van der Waals surface area (Å²) >= 11 is 0. The molecule has 0 unspecified atom stereocenters. The van der Waals surface area contributed by atoms with Crippen LogP contribution in [0.15, 0.2) is 182 Å². The van der Waals surface area contributed by atoms with Crippen molar-refractivity contribution in [1.82, 2.24) is 0 Å². The van der Waals surface area contributed by atoms with Gasteiger partial charge in [-0.2, -0.15) is 0 Å². The molecule has 2 aliphatic rings. The predicted octanol–water partition coefficient (Wildman–Crippen LogP) is 16.3. The van der Waals surface area contributed by atoms with E-state index in [0.29, 0.717) is 0 Å². The lowest BCUT2D eigenvalue weighted by atomic mass is 9.72. The molecule has 62 heavy (non-hydrogen) atoms. The lowest BCUT2D eigenvalue weighted by Crippen LogP contribution is -2.33. The van der Waals surface area contributed by atoms with Crippen LogP contribution in [-0.4, -0.2) is 13.1 Å². The van der Waals surface area contributed by atoms with Crippen molar-refractivity contribution in [3.63, 3.8) is 0 Å². The molecule has 11 rings (SSSR count). The Morgan fingerprint density at radius 1 is 0.339 bits per heavy atom.